The van der Waals surface area contributed by atoms with Gasteiger partial charge in [0.15, 0.2) is 0 Å². The van der Waals surface area contributed by atoms with Crippen molar-refractivity contribution in [2.45, 2.75) is 57.2 Å². The van der Waals surface area contributed by atoms with Crippen molar-refractivity contribution in [3.8, 4) is 0 Å². The first-order valence-corrected chi connectivity index (χ1v) is 7.41. The molecule has 2 amide bonds. The lowest BCUT2D eigenvalue weighted by Crippen LogP contribution is -2.42. The highest BCUT2D eigenvalue weighted by atomic mass is 16.5. The number of carbonyl (C=O) groups is 2. The molecule has 3 aliphatic rings. The fourth-order valence-electron chi connectivity index (χ4n) is 3.20. The van der Waals surface area contributed by atoms with Crippen molar-refractivity contribution in [3.05, 3.63) is 0 Å². The van der Waals surface area contributed by atoms with Gasteiger partial charge in [0.05, 0.1) is 18.6 Å². The van der Waals surface area contributed by atoms with E-state index in [1.165, 1.54) is 4.90 Å². The van der Waals surface area contributed by atoms with Crippen LogP contribution in [0.2, 0.25) is 0 Å². The minimum Gasteiger partial charge on any atom is -0.378 e. The first kappa shape index (κ1) is 13.1. The van der Waals surface area contributed by atoms with Crippen molar-refractivity contribution in [1.82, 2.24) is 10.2 Å². The molecule has 2 aliphatic heterocycles. The molecule has 1 saturated carbocycles. The van der Waals surface area contributed by atoms with Crippen LogP contribution in [0.25, 0.3) is 0 Å². The third kappa shape index (κ3) is 2.54. The van der Waals surface area contributed by atoms with Gasteiger partial charge in [0.25, 0.3) is 0 Å². The molecule has 5 heteroatoms. The van der Waals surface area contributed by atoms with Gasteiger partial charge in [-0.3, -0.25) is 14.5 Å². The topological polar surface area (TPSA) is 58.6 Å². The van der Waals surface area contributed by atoms with E-state index in [0.717, 1.165) is 38.8 Å². The van der Waals surface area contributed by atoms with Gasteiger partial charge in [0.1, 0.15) is 0 Å². The molecule has 0 aromatic rings. The fraction of sp³-hybridized carbons (Fsp3) is 0.857. The second kappa shape index (κ2) is 5.21. The molecular formula is C14H22N2O3. The zero-order chi connectivity index (χ0) is 13.4. The number of nitrogens with zero attached hydrogens (tertiary/aromatic N) is 1. The van der Waals surface area contributed by atoms with Crippen LogP contribution >= 0.6 is 0 Å². The van der Waals surface area contributed by atoms with Gasteiger partial charge < -0.3 is 10.1 Å². The van der Waals surface area contributed by atoms with Crippen molar-refractivity contribution in [2.75, 3.05) is 13.2 Å². The molecule has 3 atom stereocenters. The molecule has 1 N–H and O–H groups in total. The molecule has 2 saturated heterocycles. The van der Waals surface area contributed by atoms with E-state index in [0.29, 0.717) is 18.4 Å². The minimum atomic E-state index is -0.300. The van der Waals surface area contributed by atoms with Crippen LogP contribution in [0.5, 0.6) is 0 Å². The molecule has 2 heterocycles. The number of ether oxygens (including phenoxy) is 1. The number of likely N-dealkylation sites (tertiary alicyclic amines) is 1. The number of carbonyl (C=O) groups excluding carboxylic acids is 2. The molecule has 3 rings (SSSR count). The van der Waals surface area contributed by atoms with Gasteiger partial charge in [-0.1, -0.05) is 6.92 Å². The molecule has 3 fully saturated rings. The predicted molar refractivity (Wildman–Crippen MR) is 69.4 cm³/mol. The van der Waals surface area contributed by atoms with Gasteiger partial charge in [-0.15, -0.1) is 0 Å². The molecule has 3 unspecified atom stereocenters. The van der Waals surface area contributed by atoms with Crippen LogP contribution in [-0.4, -0.2) is 48.1 Å². The van der Waals surface area contributed by atoms with Gasteiger partial charge in [-0.05, 0) is 31.6 Å². The number of nitrogens with one attached hydrogen (secondary N) is 1. The number of hydrogen-bond donors (Lipinski definition) is 1. The Morgan fingerprint density at radius 2 is 2.11 bits per heavy atom. The molecule has 0 aromatic carbocycles. The van der Waals surface area contributed by atoms with E-state index in [1.807, 2.05) is 0 Å². The first-order valence-electron chi connectivity index (χ1n) is 7.41. The summed E-state index contributed by atoms with van der Waals surface area (Å²) in [5.74, 6) is 0.460. The minimum absolute atomic E-state index is 0.000265. The fourth-order valence-corrected chi connectivity index (χ4v) is 3.20. The average Bonchev–Trinajstić information content (AvgIpc) is 3.04. The Morgan fingerprint density at radius 3 is 2.79 bits per heavy atom. The maximum atomic E-state index is 12.2. The molecule has 0 aromatic heterocycles. The zero-order valence-corrected chi connectivity index (χ0v) is 11.4. The highest BCUT2D eigenvalue weighted by Gasteiger charge is 2.46. The average molecular weight is 266 g/mol. The number of amides is 2. The number of imide groups is 1. The van der Waals surface area contributed by atoms with E-state index in [4.69, 9.17) is 4.74 Å². The third-order valence-electron chi connectivity index (χ3n) is 4.47. The van der Waals surface area contributed by atoms with Crippen molar-refractivity contribution in [3.63, 3.8) is 0 Å². The summed E-state index contributed by atoms with van der Waals surface area (Å²) < 4.78 is 5.64. The predicted octanol–water partition coefficient (Wildman–Crippen LogP) is 0.681. The highest BCUT2D eigenvalue weighted by Crippen LogP contribution is 2.31. The summed E-state index contributed by atoms with van der Waals surface area (Å²) in [6.45, 7) is 3.72. The molecule has 19 heavy (non-hydrogen) atoms. The van der Waals surface area contributed by atoms with Crippen molar-refractivity contribution >= 4 is 11.8 Å². The second-order valence-electron chi connectivity index (χ2n) is 5.86. The van der Waals surface area contributed by atoms with Crippen LogP contribution in [0.3, 0.4) is 0 Å². The second-order valence-corrected chi connectivity index (χ2v) is 5.86. The van der Waals surface area contributed by atoms with Crippen molar-refractivity contribution in [1.29, 1.82) is 0 Å². The quantitative estimate of drug-likeness (QED) is 0.744. The molecule has 0 bridgehead atoms. The third-order valence-corrected chi connectivity index (χ3v) is 4.47. The summed E-state index contributed by atoms with van der Waals surface area (Å²) in [4.78, 5) is 25.5. The van der Waals surface area contributed by atoms with Crippen LogP contribution in [0, 0.1) is 5.92 Å². The van der Waals surface area contributed by atoms with Crippen LogP contribution in [0.1, 0.15) is 39.0 Å². The summed E-state index contributed by atoms with van der Waals surface area (Å²) in [7, 11) is 0. The maximum Gasteiger partial charge on any atom is 0.247 e. The Labute approximate surface area is 113 Å². The number of hydrogen-bond acceptors (Lipinski definition) is 4. The molecular weight excluding hydrogens is 244 g/mol. The zero-order valence-electron chi connectivity index (χ0n) is 11.4. The van der Waals surface area contributed by atoms with Crippen LogP contribution in [0.15, 0.2) is 0 Å². The normalized spacial score (nSPS) is 35.4. The van der Waals surface area contributed by atoms with E-state index >= 15 is 0 Å². The summed E-state index contributed by atoms with van der Waals surface area (Å²) >= 11 is 0. The maximum absolute atomic E-state index is 12.2. The summed E-state index contributed by atoms with van der Waals surface area (Å²) in [5.41, 5.74) is 0. The van der Waals surface area contributed by atoms with Crippen LogP contribution in [-0.2, 0) is 14.3 Å². The van der Waals surface area contributed by atoms with Crippen LogP contribution in [0.4, 0.5) is 0 Å². The summed E-state index contributed by atoms with van der Waals surface area (Å²) in [5, 5.41) is 3.29. The standard InChI is InChI=1S/C14H22N2O3/c1-2-12-9(5-6-19-12)8-15-11-7-13(17)16(14(11)18)10-3-4-10/h9-12,15H,2-8H2,1H3. The lowest BCUT2D eigenvalue weighted by molar-refractivity contribution is -0.139. The first-order chi connectivity index (χ1) is 9.20. The summed E-state index contributed by atoms with van der Waals surface area (Å²) in [6.07, 6.45) is 4.67. The van der Waals surface area contributed by atoms with E-state index < -0.39 is 0 Å². The highest BCUT2D eigenvalue weighted by molar-refractivity contribution is 6.06. The lowest BCUT2D eigenvalue weighted by atomic mass is 9.99. The van der Waals surface area contributed by atoms with Gasteiger partial charge in [-0.2, -0.15) is 0 Å². The molecule has 1 aliphatic carbocycles. The van der Waals surface area contributed by atoms with E-state index in [1.54, 1.807) is 0 Å². The number of rotatable bonds is 5. The van der Waals surface area contributed by atoms with Crippen molar-refractivity contribution < 1.29 is 14.3 Å². The SMILES string of the molecule is CCC1OCCC1CNC1CC(=O)N(C2CC2)C1=O. The largest absolute Gasteiger partial charge is 0.378 e. The molecule has 5 nitrogen and oxygen atoms in total. The Kier molecular flexibility index (Phi) is 3.58. The van der Waals surface area contributed by atoms with Gasteiger partial charge in [0.2, 0.25) is 11.8 Å². The van der Waals surface area contributed by atoms with Crippen LogP contribution < -0.4 is 5.32 Å². The summed E-state index contributed by atoms with van der Waals surface area (Å²) in [6, 6.07) is -0.101. The smallest absolute Gasteiger partial charge is 0.247 e. The van der Waals surface area contributed by atoms with Crippen molar-refractivity contribution in [2.24, 2.45) is 5.92 Å². The van der Waals surface area contributed by atoms with Gasteiger partial charge >= 0.3 is 0 Å². The van der Waals surface area contributed by atoms with Gasteiger partial charge in [0, 0.05) is 19.2 Å². The Hall–Kier alpha value is -0.940. The molecule has 0 radical (unpaired) electrons. The van der Waals surface area contributed by atoms with E-state index in [2.05, 4.69) is 12.2 Å². The Morgan fingerprint density at radius 1 is 1.32 bits per heavy atom. The van der Waals surface area contributed by atoms with Gasteiger partial charge in [-0.25, -0.2) is 0 Å². The van der Waals surface area contributed by atoms with E-state index in [-0.39, 0.29) is 23.9 Å². The molecule has 0 spiro atoms. The Bertz CT molecular complexity index is 381. The molecule has 106 valence electrons. The monoisotopic (exact) mass is 266 g/mol. The lowest BCUT2D eigenvalue weighted by Gasteiger charge is -2.19. The van der Waals surface area contributed by atoms with E-state index in [9.17, 15) is 9.59 Å². The Balaban J connectivity index is 1.53.